The first kappa shape index (κ1) is 24.1. The zero-order valence-corrected chi connectivity index (χ0v) is 21.8. The predicted molar refractivity (Wildman–Crippen MR) is 157 cm³/mol. The second-order valence-electron chi connectivity index (χ2n) is 9.47. The van der Waals surface area contributed by atoms with Crippen LogP contribution in [0.25, 0.3) is 10.8 Å². The van der Waals surface area contributed by atoms with Gasteiger partial charge in [0, 0.05) is 16.8 Å². The number of aryl methyl sites for hydroxylation is 1. The molecule has 1 amide bonds. The number of hydrogen-bond donors (Lipinski definition) is 1. The molecule has 5 aromatic rings. The Hall–Kier alpha value is -4.22. The van der Waals surface area contributed by atoms with Gasteiger partial charge in [-0.2, -0.15) is 0 Å². The maximum Gasteiger partial charge on any atom is 0.259 e. The number of amides is 1. The van der Waals surface area contributed by atoms with Gasteiger partial charge in [-0.05, 0) is 77.4 Å². The number of aliphatic imine (C=N–C) groups is 1. The third kappa shape index (κ3) is 5.24. The molecule has 188 valence electrons. The summed E-state index contributed by atoms with van der Waals surface area (Å²) in [5.41, 5.74) is 4.75. The monoisotopic (exact) mass is 516 g/mol. The number of nitrogens with one attached hydrogen (secondary N) is 1. The number of anilines is 1. The molecule has 0 fully saturated rings. The summed E-state index contributed by atoms with van der Waals surface area (Å²) in [7, 11) is 0. The van der Waals surface area contributed by atoms with Crippen LogP contribution in [0.2, 0.25) is 0 Å². The highest BCUT2D eigenvalue weighted by Crippen LogP contribution is 2.40. The average molecular weight is 517 g/mol. The van der Waals surface area contributed by atoms with Gasteiger partial charge in [0.2, 0.25) is 0 Å². The topological polar surface area (TPSA) is 50.7 Å². The number of ether oxygens (including phenoxy) is 1. The fraction of sp³-hybridized carbons (Fsp3) is 0.152. The van der Waals surface area contributed by atoms with E-state index in [1.165, 1.54) is 15.6 Å². The summed E-state index contributed by atoms with van der Waals surface area (Å²) >= 11 is 1.64. The van der Waals surface area contributed by atoms with Crippen molar-refractivity contribution >= 4 is 44.9 Å². The molecule has 5 heteroatoms. The number of hydrogen-bond acceptors (Lipinski definition) is 4. The Morgan fingerprint density at radius 1 is 0.895 bits per heavy atom. The zero-order valence-electron chi connectivity index (χ0n) is 21.0. The van der Waals surface area contributed by atoms with Gasteiger partial charge >= 0.3 is 0 Å². The van der Waals surface area contributed by atoms with Crippen molar-refractivity contribution in [3.63, 3.8) is 0 Å². The van der Waals surface area contributed by atoms with Crippen LogP contribution < -0.4 is 10.1 Å². The Morgan fingerprint density at radius 3 is 2.61 bits per heavy atom. The van der Waals surface area contributed by atoms with Crippen LogP contribution in [0.15, 0.2) is 102 Å². The fourth-order valence-electron chi connectivity index (χ4n) is 4.99. The van der Waals surface area contributed by atoms with Gasteiger partial charge in [-0.1, -0.05) is 72.8 Å². The highest BCUT2D eigenvalue weighted by atomic mass is 32.1. The SMILES string of the molecule is O=C(Nc1ccccc1)c1c(N=Cc2cccc(OCc3cccc4ccccc34)c2)sc2c1CCCC2. The number of benzene rings is 4. The molecule has 4 aromatic carbocycles. The highest BCUT2D eigenvalue weighted by molar-refractivity contribution is 7.16. The molecule has 1 N–H and O–H groups in total. The summed E-state index contributed by atoms with van der Waals surface area (Å²) < 4.78 is 6.16. The van der Waals surface area contributed by atoms with Gasteiger partial charge < -0.3 is 10.1 Å². The number of nitrogens with zero attached hydrogens (tertiary/aromatic N) is 1. The smallest absolute Gasteiger partial charge is 0.259 e. The van der Waals surface area contributed by atoms with E-state index in [1.807, 2.05) is 60.8 Å². The lowest BCUT2D eigenvalue weighted by atomic mass is 9.95. The van der Waals surface area contributed by atoms with E-state index in [4.69, 9.17) is 9.73 Å². The van der Waals surface area contributed by atoms with Crippen LogP contribution >= 0.6 is 11.3 Å². The first-order valence-corrected chi connectivity index (χ1v) is 13.8. The number of rotatable bonds is 7. The normalized spacial score (nSPS) is 12.9. The molecule has 1 heterocycles. The predicted octanol–water partition coefficient (Wildman–Crippen LogP) is 8.36. The maximum absolute atomic E-state index is 13.3. The minimum atomic E-state index is -0.0880. The summed E-state index contributed by atoms with van der Waals surface area (Å²) in [4.78, 5) is 19.5. The Morgan fingerprint density at radius 2 is 1.68 bits per heavy atom. The van der Waals surface area contributed by atoms with Crippen molar-refractivity contribution in [1.29, 1.82) is 0 Å². The third-order valence-corrected chi connectivity index (χ3v) is 8.07. The number of thiophene rings is 1. The molecule has 0 saturated heterocycles. The van der Waals surface area contributed by atoms with E-state index in [2.05, 4.69) is 47.8 Å². The summed E-state index contributed by atoms with van der Waals surface area (Å²) in [5, 5.41) is 6.24. The van der Waals surface area contributed by atoms with Crippen LogP contribution in [-0.2, 0) is 19.4 Å². The maximum atomic E-state index is 13.3. The van der Waals surface area contributed by atoms with Crippen LogP contribution in [0.3, 0.4) is 0 Å². The number of carbonyl (C=O) groups is 1. The largest absolute Gasteiger partial charge is 0.489 e. The number of para-hydroxylation sites is 1. The standard InChI is InChI=1S/C33H28N2O2S/c36-32(35-26-14-2-1-3-15-26)31-29-18-6-7-19-30(29)38-33(31)34-21-23-10-8-16-27(20-23)37-22-25-13-9-12-24-11-4-5-17-28(24)25/h1-5,8-17,20-21H,6-7,18-19,22H2,(H,35,36). The zero-order chi connectivity index (χ0) is 25.7. The van der Waals surface area contributed by atoms with Gasteiger partial charge in [0.15, 0.2) is 0 Å². The van der Waals surface area contributed by atoms with Gasteiger partial charge in [-0.3, -0.25) is 4.79 Å². The summed E-state index contributed by atoms with van der Waals surface area (Å²) in [6, 6.07) is 32.2. The van der Waals surface area contributed by atoms with Gasteiger partial charge in [0.25, 0.3) is 5.91 Å². The second-order valence-corrected chi connectivity index (χ2v) is 10.6. The molecular formula is C33H28N2O2S. The van der Waals surface area contributed by atoms with Crippen LogP contribution in [0.1, 0.15) is 44.8 Å². The van der Waals surface area contributed by atoms with Crippen molar-refractivity contribution in [1.82, 2.24) is 0 Å². The molecule has 0 spiro atoms. The molecule has 6 rings (SSSR count). The summed E-state index contributed by atoms with van der Waals surface area (Å²) in [5.74, 6) is 0.698. The molecule has 1 aliphatic carbocycles. The summed E-state index contributed by atoms with van der Waals surface area (Å²) in [6.45, 7) is 0.489. The average Bonchev–Trinajstić information content (AvgIpc) is 3.34. The first-order chi connectivity index (χ1) is 18.7. The van der Waals surface area contributed by atoms with Gasteiger partial charge in [0.1, 0.15) is 17.4 Å². The Bertz CT molecular complexity index is 1620. The minimum Gasteiger partial charge on any atom is -0.489 e. The molecule has 0 saturated carbocycles. The summed E-state index contributed by atoms with van der Waals surface area (Å²) in [6.07, 6.45) is 6.04. The highest BCUT2D eigenvalue weighted by Gasteiger charge is 2.25. The Balaban J connectivity index is 1.23. The van der Waals surface area contributed by atoms with Gasteiger partial charge in [-0.25, -0.2) is 4.99 Å². The molecule has 0 unspecified atom stereocenters. The molecule has 0 bridgehead atoms. The van der Waals surface area contributed by atoms with E-state index in [0.29, 0.717) is 12.2 Å². The van der Waals surface area contributed by atoms with Gasteiger partial charge in [0.05, 0.1) is 5.56 Å². The quantitative estimate of drug-likeness (QED) is 0.221. The van der Waals surface area contributed by atoms with E-state index in [9.17, 15) is 4.79 Å². The molecule has 38 heavy (non-hydrogen) atoms. The van der Waals surface area contributed by atoms with Crippen molar-refractivity contribution in [2.24, 2.45) is 4.99 Å². The van der Waals surface area contributed by atoms with Crippen molar-refractivity contribution in [2.45, 2.75) is 32.3 Å². The molecule has 1 aromatic heterocycles. The molecule has 0 radical (unpaired) electrons. The van der Waals surface area contributed by atoms with Gasteiger partial charge in [-0.15, -0.1) is 11.3 Å². The van der Waals surface area contributed by atoms with Crippen LogP contribution in [0.5, 0.6) is 5.75 Å². The minimum absolute atomic E-state index is 0.0880. The lowest BCUT2D eigenvalue weighted by Crippen LogP contribution is -2.14. The van der Waals surface area contributed by atoms with Crippen LogP contribution in [0, 0.1) is 0 Å². The fourth-order valence-corrected chi connectivity index (χ4v) is 6.22. The number of carbonyl (C=O) groups excluding carboxylic acids is 1. The van der Waals surface area contributed by atoms with E-state index in [1.54, 1.807) is 11.3 Å². The van der Waals surface area contributed by atoms with Crippen LogP contribution in [0.4, 0.5) is 10.7 Å². The van der Waals surface area contributed by atoms with Crippen molar-refractivity contribution < 1.29 is 9.53 Å². The van der Waals surface area contributed by atoms with Crippen molar-refractivity contribution in [2.75, 3.05) is 5.32 Å². The first-order valence-electron chi connectivity index (χ1n) is 13.0. The van der Waals surface area contributed by atoms with Crippen molar-refractivity contribution in [3.05, 3.63) is 124 Å². The second kappa shape index (κ2) is 11.0. The number of fused-ring (bicyclic) bond motifs is 2. The third-order valence-electron chi connectivity index (χ3n) is 6.87. The van der Waals surface area contributed by atoms with E-state index in [0.717, 1.165) is 58.8 Å². The van der Waals surface area contributed by atoms with E-state index < -0.39 is 0 Å². The lowest BCUT2D eigenvalue weighted by molar-refractivity contribution is 0.102. The van der Waals surface area contributed by atoms with E-state index >= 15 is 0 Å². The lowest BCUT2D eigenvalue weighted by Gasteiger charge is -2.12. The van der Waals surface area contributed by atoms with E-state index in [-0.39, 0.29) is 5.91 Å². The van der Waals surface area contributed by atoms with Crippen molar-refractivity contribution in [3.8, 4) is 5.75 Å². The molecule has 4 nitrogen and oxygen atoms in total. The Kier molecular flexibility index (Phi) is 7.01. The Labute approximate surface area is 226 Å². The molecule has 0 atom stereocenters. The molecular weight excluding hydrogens is 488 g/mol. The molecule has 1 aliphatic rings. The van der Waals surface area contributed by atoms with Crippen LogP contribution in [-0.4, -0.2) is 12.1 Å². The molecule has 0 aliphatic heterocycles.